The molecule has 23 heavy (non-hydrogen) atoms. The molecule has 0 aliphatic heterocycles. The molecule has 0 fully saturated rings. The number of anilines is 2. The second-order valence-corrected chi connectivity index (χ2v) is 4.89. The summed E-state index contributed by atoms with van der Waals surface area (Å²) >= 11 is 0. The summed E-state index contributed by atoms with van der Waals surface area (Å²) in [6, 6.07) is 13.3. The molecule has 5 nitrogen and oxygen atoms in total. The lowest BCUT2D eigenvalue weighted by atomic mass is 10.1. The number of hydrogen-bond acceptors (Lipinski definition) is 5. The van der Waals surface area contributed by atoms with Gasteiger partial charge in [0, 0.05) is 29.2 Å². The highest BCUT2D eigenvalue weighted by molar-refractivity contribution is 5.69. The number of benzene rings is 1. The average molecular weight is 302 g/mol. The van der Waals surface area contributed by atoms with Gasteiger partial charge in [0.15, 0.2) is 0 Å². The summed E-state index contributed by atoms with van der Waals surface area (Å²) in [7, 11) is 1.61. The van der Waals surface area contributed by atoms with E-state index in [-0.39, 0.29) is 0 Å². The molecule has 3 aromatic rings. The van der Waals surface area contributed by atoms with Crippen LogP contribution in [0.3, 0.4) is 0 Å². The van der Waals surface area contributed by atoms with Gasteiger partial charge in [-0.3, -0.25) is 9.97 Å². The van der Waals surface area contributed by atoms with Gasteiger partial charge < -0.3 is 10.1 Å². The lowest BCUT2D eigenvalue weighted by Gasteiger charge is -2.09. The number of nitrogens with zero attached hydrogens (tertiary/aromatic N) is 3. The van der Waals surface area contributed by atoms with E-state index in [4.69, 9.17) is 10.00 Å². The number of rotatable bonds is 4. The van der Waals surface area contributed by atoms with Gasteiger partial charge in [-0.2, -0.15) is 5.26 Å². The Hall–Kier alpha value is -3.39. The minimum Gasteiger partial charge on any atom is -0.495 e. The number of pyridine rings is 2. The molecule has 0 aliphatic carbocycles. The molecule has 1 aromatic carbocycles. The van der Waals surface area contributed by atoms with E-state index in [1.54, 1.807) is 44.0 Å². The highest BCUT2D eigenvalue weighted by atomic mass is 16.5. The van der Waals surface area contributed by atoms with Crippen LogP contribution in [-0.2, 0) is 0 Å². The van der Waals surface area contributed by atoms with Crippen LogP contribution in [0.15, 0.2) is 61.2 Å². The van der Waals surface area contributed by atoms with Crippen molar-refractivity contribution in [2.45, 2.75) is 0 Å². The molecular weight excluding hydrogens is 288 g/mol. The summed E-state index contributed by atoms with van der Waals surface area (Å²) in [5, 5.41) is 12.1. The third-order valence-electron chi connectivity index (χ3n) is 3.32. The molecule has 0 unspecified atom stereocenters. The van der Waals surface area contributed by atoms with Crippen LogP contribution >= 0.6 is 0 Å². The van der Waals surface area contributed by atoms with Gasteiger partial charge in [-0.1, -0.05) is 0 Å². The minimum atomic E-state index is 0.630. The fraction of sp³-hybridized carbons (Fsp3) is 0.0556. The van der Waals surface area contributed by atoms with Gasteiger partial charge in [0.25, 0.3) is 0 Å². The lowest BCUT2D eigenvalue weighted by Crippen LogP contribution is -1.93. The minimum absolute atomic E-state index is 0.630. The summed E-state index contributed by atoms with van der Waals surface area (Å²) < 4.78 is 5.20. The molecule has 5 heteroatoms. The molecule has 0 radical (unpaired) electrons. The Balaban J connectivity index is 1.85. The van der Waals surface area contributed by atoms with Crippen LogP contribution in [0, 0.1) is 11.3 Å². The number of methoxy groups -OCH3 is 1. The van der Waals surface area contributed by atoms with Gasteiger partial charge in [-0.25, -0.2) is 0 Å². The summed E-state index contributed by atoms with van der Waals surface area (Å²) in [4.78, 5) is 8.42. The van der Waals surface area contributed by atoms with Crippen molar-refractivity contribution >= 4 is 11.4 Å². The Kier molecular flexibility index (Phi) is 4.16. The normalized spacial score (nSPS) is 9.91. The van der Waals surface area contributed by atoms with Crippen molar-refractivity contribution in [3.63, 3.8) is 0 Å². The third-order valence-corrected chi connectivity index (χ3v) is 3.32. The molecule has 112 valence electrons. The molecule has 3 rings (SSSR count). The Morgan fingerprint density at radius 2 is 1.61 bits per heavy atom. The first-order valence-corrected chi connectivity index (χ1v) is 7.00. The van der Waals surface area contributed by atoms with E-state index < -0.39 is 0 Å². The molecule has 0 bridgehead atoms. The summed E-state index contributed by atoms with van der Waals surface area (Å²) in [6.45, 7) is 0. The van der Waals surface area contributed by atoms with E-state index in [0.29, 0.717) is 11.3 Å². The third kappa shape index (κ3) is 3.44. The molecule has 0 atom stereocenters. The SMILES string of the molecule is COc1cncc(-c2cncc(Nc3ccc(C#N)cc3)c2)c1. The predicted molar refractivity (Wildman–Crippen MR) is 88.5 cm³/mol. The molecule has 0 saturated carbocycles. The van der Waals surface area contributed by atoms with Crippen LogP contribution in [-0.4, -0.2) is 17.1 Å². The first-order valence-electron chi connectivity index (χ1n) is 7.00. The second-order valence-electron chi connectivity index (χ2n) is 4.89. The topological polar surface area (TPSA) is 70.8 Å². The average Bonchev–Trinajstić information content (AvgIpc) is 2.63. The van der Waals surface area contributed by atoms with Crippen molar-refractivity contribution in [2.75, 3.05) is 12.4 Å². The Bertz CT molecular complexity index is 853. The molecule has 0 aliphatic rings. The number of aromatic nitrogens is 2. The largest absolute Gasteiger partial charge is 0.495 e. The van der Waals surface area contributed by atoms with Gasteiger partial charge in [0.1, 0.15) is 5.75 Å². The monoisotopic (exact) mass is 302 g/mol. The Labute approximate surface area is 134 Å². The van der Waals surface area contributed by atoms with Crippen LogP contribution in [0.4, 0.5) is 11.4 Å². The molecule has 0 saturated heterocycles. The van der Waals surface area contributed by atoms with Crippen molar-refractivity contribution in [2.24, 2.45) is 0 Å². The maximum absolute atomic E-state index is 8.83. The van der Waals surface area contributed by atoms with Crippen molar-refractivity contribution < 1.29 is 4.74 Å². The fourth-order valence-corrected chi connectivity index (χ4v) is 2.15. The zero-order valence-electron chi connectivity index (χ0n) is 12.5. The van der Waals surface area contributed by atoms with Gasteiger partial charge in [-0.05, 0) is 36.4 Å². The first kappa shape index (κ1) is 14.5. The number of hydrogen-bond donors (Lipinski definition) is 1. The van der Waals surface area contributed by atoms with Gasteiger partial charge in [-0.15, -0.1) is 0 Å². The molecule has 2 heterocycles. The maximum Gasteiger partial charge on any atom is 0.137 e. The van der Waals surface area contributed by atoms with Crippen LogP contribution in [0.2, 0.25) is 0 Å². The molecular formula is C18H14N4O. The highest BCUT2D eigenvalue weighted by Gasteiger charge is 2.03. The number of ether oxygens (including phenoxy) is 1. The summed E-state index contributed by atoms with van der Waals surface area (Å²) in [5.74, 6) is 0.702. The number of nitrogens with one attached hydrogen (secondary N) is 1. The number of nitriles is 1. The zero-order chi connectivity index (χ0) is 16.1. The van der Waals surface area contributed by atoms with Crippen LogP contribution in [0.25, 0.3) is 11.1 Å². The molecule has 0 spiro atoms. The molecule has 1 N–H and O–H groups in total. The van der Waals surface area contributed by atoms with Crippen LogP contribution in [0.5, 0.6) is 5.75 Å². The van der Waals surface area contributed by atoms with Crippen molar-refractivity contribution in [1.82, 2.24) is 9.97 Å². The van der Waals surface area contributed by atoms with Crippen molar-refractivity contribution in [3.05, 3.63) is 66.7 Å². The van der Waals surface area contributed by atoms with E-state index in [9.17, 15) is 0 Å². The summed E-state index contributed by atoms with van der Waals surface area (Å²) in [6.07, 6.45) is 6.95. The van der Waals surface area contributed by atoms with Crippen LogP contribution in [0.1, 0.15) is 5.56 Å². The Morgan fingerprint density at radius 1 is 0.913 bits per heavy atom. The quantitative estimate of drug-likeness (QED) is 0.794. The maximum atomic E-state index is 8.83. The van der Waals surface area contributed by atoms with E-state index in [2.05, 4.69) is 21.4 Å². The fourth-order valence-electron chi connectivity index (χ4n) is 2.15. The van der Waals surface area contributed by atoms with E-state index in [1.807, 2.05) is 24.3 Å². The van der Waals surface area contributed by atoms with Gasteiger partial charge in [0.2, 0.25) is 0 Å². The summed E-state index contributed by atoms with van der Waals surface area (Å²) in [5.41, 5.74) is 4.25. The van der Waals surface area contributed by atoms with Gasteiger partial charge >= 0.3 is 0 Å². The lowest BCUT2D eigenvalue weighted by molar-refractivity contribution is 0.413. The predicted octanol–water partition coefficient (Wildman–Crippen LogP) is 3.77. The van der Waals surface area contributed by atoms with E-state index in [0.717, 1.165) is 22.5 Å². The smallest absolute Gasteiger partial charge is 0.137 e. The van der Waals surface area contributed by atoms with E-state index >= 15 is 0 Å². The Morgan fingerprint density at radius 3 is 2.30 bits per heavy atom. The van der Waals surface area contributed by atoms with Crippen molar-refractivity contribution in [3.8, 4) is 22.9 Å². The van der Waals surface area contributed by atoms with Crippen LogP contribution < -0.4 is 10.1 Å². The van der Waals surface area contributed by atoms with Gasteiger partial charge in [0.05, 0.1) is 36.8 Å². The molecule has 0 amide bonds. The zero-order valence-corrected chi connectivity index (χ0v) is 12.5. The highest BCUT2D eigenvalue weighted by Crippen LogP contribution is 2.25. The second kappa shape index (κ2) is 6.58. The van der Waals surface area contributed by atoms with E-state index in [1.165, 1.54) is 0 Å². The first-order chi connectivity index (χ1) is 11.3. The molecule has 2 aromatic heterocycles. The van der Waals surface area contributed by atoms with Crippen molar-refractivity contribution in [1.29, 1.82) is 5.26 Å². The standard InChI is InChI=1S/C18H14N4O/c1-23-18-7-15(10-21-12-18)14-6-17(11-20-9-14)22-16-4-2-13(8-19)3-5-16/h2-7,9-12,22H,1H3.